The van der Waals surface area contributed by atoms with Crippen molar-refractivity contribution >= 4 is 57.8 Å². The number of thioether (sulfide) groups is 1. The summed E-state index contributed by atoms with van der Waals surface area (Å²) in [5.74, 6) is -0.0159. The Bertz CT molecular complexity index is 1750. The number of anilines is 2. The summed E-state index contributed by atoms with van der Waals surface area (Å²) < 4.78 is 5.43. The molecule has 5 aromatic rings. The third-order valence-electron chi connectivity index (χ3n) is 6.38. The number of H-pyrrole nitrogens is 1. The van der Waals surface area contributed by atoms with Gasteiger partial charge < -0.3 is 25.7 Å². The minimum absolute atomic E-state index is 0.100. The first-order valence-corrected chi connectivity index (χ1v) is 14.7. The van der Waals surface area contributed by atoms with Crippen LogP contribution in [0, 0.1) is 0 Å². The number of para-hydroxylation sites is 1. The number of hydrogen-bond donors (Lipinski definition) is 4. The molecular formula is C34H30N4O4S. The summed E-state index contributed by atoms with van der Waals surface area (Å²) in [6.45, 7) is 2.50. The molecule has 4 N–H and O–H groups in total. The number of carbonyl (C=O) groups is 3. The van der Waals surface area contributed by atoms with Gasteiger partial charge in [0.1, 0.15) is 11.4 Å². The molecule has 0 saturated carbocycles. The van der Waals surface area contributed by atoms with Gasteiger partial charge >= 0.3 is 0 Å². The normalized spacial score (nSPS) is 11.1. The van der Waals surface area contributed by atoms with Crippen LogP contribution in [0.3, 0.4) is 0 Å². The highest BCUT2D eigenvalue weighted by atomic mass is 32.2. The molecule has 5 rings (SSSR count). The molecule has 9 heteroatoms. The molecular weight excluding hydrogens is 560 g/mol. The van der Waals surface area contributed by atoms with Crippen molar-refractivity contribution in [2.75, 3.05) is 23.0 Å². The highest BCUT2D eigenvalue weighted by Gasteiger charge is 2.16. The standard InChI is InChI=1S/C34H30N4O4S/c1-2-42-27-16-12-25(13-17-27)36-32(39)22-43-28-18-14-26(15-19-28)37-34(41)31(38-33(40)23-8-4-3-5-9-23)20-24-21-35-30-11-7-6-10-29(24)30/h3-21,35H,2,22H2,1H3,(H,36,39)(H,37,41)(H,38,40)/b31-20-. The maximum Gasteiger partial charge on any atom is 0.272 e. The Balaban J connectivity index is 1.23. The van der Waals surface area contributed by atoms with Gasteiger partial charge in [-0.15, -0.1) is 11.8 Å². The third kappa shape index (κ3) is 7.93. The van der Waals surface area contributed by atoms with Crippen molar-refractivity contribution in [3.05, 3.63) is 126 Å². The van der Waals surface area contributed by atoms with E-state index in [2.05, 4.69) is 20.9 Å². The van der Waals surface area contributed by atoms with E-state index in [0.29, 0.717) is 23.5 Å². The fourth-order valence-electron chi connectivity index (χ4n) is 4.29. The van der Waals surface area contributed by atoms with Crippen LogP contribution in [0.15, 0.2) is 120 Å². The summed E-state index contributed by atoms with van der Waals surface area (Å²) in [4.78, 5) is 42.8. The number of aromatic amines is 1. The first kappa shape index (κ1) is 29.2. The number of amides is 3. The molecule has 3 amide bonds. The van der Waals surface area contributed by atoms with E-state index < -0.39 is 11.8 Å². The van der Waals surface area contributed by atoms with Crippen molar-refractivity contribution in [1.29, 1.82) is 0 Å². The second-order valence-electron chi connectivity index (χ2n) is 9.44. The lowest BCUT2D eigenvalue weighted by Crippen LogP contribution is -2.30. The molecule has 0 aliphatic rings. The summed E-state index contributed by atoms with van der Waals surface area (Å²) in [7, 11) is 0. The second-order valence-corrected chi connectivity index (χ2v) is 10.5. The van der Waals surface area contributed by atoms with Gasteiger partial charge in [-0.25, -0.2) is 0 Å². The van der Waals surface area contributed by atoms with E-state index in [9.17, 15) is 14.4 Å². The van der Waals surface area contributed by atoms with Crippen molar-refractivity contribution in [3.63, 3.8) is 0 Å². The van der Waals surface area contributed by atoms with Crippen molar-refractivity contribution < 1.29 is 19.1 Å². The molecule has 0 saturated heterocycles. The second kappa shape index (κ2) is 14.1. The van der Waals surface area contributed by atoms with E-state index in [4.69, 9.17) is 4.74 Å². The zero-order valence-electron chi connectivity index (χ0n) is 23.4. The molecule has 4 aromatic carbocycles. The summed E-state index contributed by atoms with van der Waals surface area (Å²) in [6, 6.07) is 30.9. The van der Waals surface area contributed by atoms with Gasteiger partial charge in [-0.3, -0.25) is 14.4 Å². The van der Waals surface area contributed by atoms with Gasteiger partial charge in [-0.1, -0.05) is 36.4 Å². The molecule has 0 fully saturated rings. The summed E-state index contributed by atoms with van der Waals surface area (Å²) >= 11 is 1.38. The number of rotatable bonds is 11. The molecule has 0 aliphatic carbocycles. The lowest BCUT2D eigenvalue weighted by atomic mass is 10.1. The monoisotopic (exact) mass is 590 g/mol. The van der Waals surface area contributed by atoms with Crippen LogP contribution in [0.25, 0.3) is 17.0 Å². The molecule has 1 heterocycles. The quantitative estimate of drug-likeness (QED) is 0.101. The van der Waals surface area contributed by atoms with Gasteiger partial charge in [-0.2, -0.15) is 0 Å². The summed E-state index contributed by atoms with van der Waals surface area (Å²) in [6.07, 6.45) is 3.45. The smallest absolute Gasteiger partial charge is 0.272 e. The fourth-order valence-corrected chi connectivity index (χ4v) is 4.99. The molecule has 0 unspecified atom stereocenters. The first-order valence-electron chi connectivity index (χ1n) is 13.7. The zero-order valence-corrected chi connectivity index (χ0v) is 24.2. The van der Waals surface area contributed by atoms with Crippen LogP contribution in [-0.2, 0) is 9.59 Å². The molecule has 8 nitrogen and oxygen atoms in total. The number of hydrogen-bond acceptors (Lipinski definition) is 5. The van der Waals surface area contributed by atoms with Crippen LogP contribution >= 0.6 is 11.8 Å². The van der Waals surface area contributed by atoms with Crippen molar-refractivity contribution in [1.82, 2.24) is 10.3 Å². The van der Waals surface area contributed by atoms with E-state index in [1.54, 1.807) is 60.8 Å². The Kier molecular flexibility index (Phi) is 9.56. The molecule has 1 aromatic heterocycles. The van der Waals surface area contributed by atoms with Gasteiger partial charge in [0.25, 0.3) is 11.8 Å². The molecule has 0 spiro atoms. The van der Waals surface area contributed by atoms with Crippen LogP contribution in [0.2, 0.25) is 0 Å². The van der Waals surface area contributed by atoms with Crippen molar-refractivity contribution in [2.24, 2.45) is 0 Å². The molecule has 0 radical (unpaired) electrons. The van der Waals surface area contributed by atoms with Crippen molar-refractivity contribution in [2.45, 2.75) is 11.8 Å². The molecule has 43 heavy (non-hydrogen) atoms. The van der Waals surface area contributed by atoms with Gasteiger partial charge in [-0.05, 0) is 79.7 Å². The molecule has 216 valence electrons. The number of ether oxygens (including phenoxy) is 1. The maximum absolute atomic E-state index is 13.4. The Hall–Kier alpha value is -5.28. The third-order valence-corrected chi connectivity index (χ3v) is 7.39. The maximum atomic E-state index is 13.4. The summed E-state index contributed by atoms with van der Waals surface area (Å²) in [5.41, 5.74) is 3.47. The Morgan fingerprint density at radius 2 is 1.49 bits per heavy atom. The number of carbonyl (C=O) groups excluding carboxylic acids is 3. The van der Waals surface area contributed by atoms with E-state index >= 15 is 0 Å². The Labute approximate surface area is 253 Å². The van der Waals surface area contributed by atoms with Crippen LogP contribution < -0.4 is 20.7 Å². The molecule has 0 bridgehead atoms. The van der Waals surface area contributed by atoms with Crippen LogP contribution in [0.4, 0.5) is 11.4 Å². The Morgan fingerprint density at radius 1 is 0.814 bits per heavy atom. The highest BCUT2D eigenvalue weighted by Crippen LogP contribution is 2.23. The lowest BCUT2D eigenvalue weighted by Gasteiger charge is -2.12. The summed E-state index contributed by atoms with van der Waals surface area (Å²) in [5, 5.41) is 9.44. The van der Waals surface area contributed by atoms with Crippen molar-refractivity contribution in [3.8, 4) is 5.75 Å². The van der Waals surface area contributed by atoms with Crippen LogP contribution in [-0.4, -0.2) is 35.1 Å². The number of benzene rings is 4. The van der Waals surface area contributed by atoms with E-state index in [-0.39, 0.29) is 17.4 Å². The first-order chi connectivity index (χ1) is 21.0. The predicted octanol–water partition coefficient (Wildman–Crippen LogP) is 6.71. The van der Waals surface area contributed by atoms with E-state index in [0.717, 1.165) is 27.1 Å². The van der Waals surface area contributed by atoms with Gasteiger partial charge in [0.2, 0.25) is 5.91 Å². The number of fused-ring (bicyclic) bond motifs is 1. The molecule has 0 atom stereocenters. The van der Waals surface area contributed by atoms with Gasteiger partial charge in [0, 0.05) is 44.5 Å². The van der Waals surface area contributed by atoms with Gasteiger partial charge in [0.15, 0.2) is 0 Å². The number of nitrogens with one attached hydrogen (secondary N) is 4. The SMILES string of the molecule is CCOc1ccc(NC(=O)CSc2ccc(NC(=O)/C(=C/c3c[nH]c4ccccc34)NC(=O)c3ccccc3)cc2)cc1. The Morgan fingerprint density at radius 3 is 2.23 bits per heavy atom. The average Bonchev–Trinajstić information content (AvgIpc) is 3.44. The average molecular weight is 591 g/mol. The zero-order chi connectivity index (χ0) is 30.0. The fraction of sp³-hybridized carbons (Fsp3) is 0.0882. The minimum atomic E-state index is -0.468. The molecule has 0 aliphatic heterocycles. The number of aromatic nitrogens is 1. The van der Waals surface area contributed by atoms with Crippen LogP contribution in [0.5, 0.6) is 5.75 Å². The van der Waals surface area contributed by atoms with Crippen LogP contribution in [0.1, 0.15) is 22.8 Å². The lowest BCUT2D eigenvalue weighted by molar-refractivity contribution is -0.114. The van der Waals surface area contributed by atoms with E-state index in [1.807, 2.05) is 61.5 Å². The van der Waals surface area contributed by atoms with E-state index in [1.165, 1.54) is 11.8 Å². The minimum Gasteiger partial charge on any atom is -0.494 e. The largest absolute Gasteiger partial charge is 0.494 e. The highest BCUT2D eigenvalue weighted by molar-refractivity contribution is 8.00. The predicted molar refractivity (Wildman–Crippen MR) is 172 cm³/mol. The van der Waals surface area contributed by atoms with Gasteiger partial charge in [0.05, 0.1) is 12.4 Å². The topological polar surface area (TPSA) is 112 Å².